The summed E-state index contributed by atoms with van der Waals surface area (Å²) < 4.78 is 0. The maximum atomic E-state index is 12.7. The Bertz CT molecular complexity index is 810. The molecule has 1 aliphatic rings. The average molecular weight is 351 g/mol. The monoisotopic (exact) mass is 351 g/mol. The van der Waals surface area contributed by atoms with Crippen LogP contribution in [-0.2, 0) is 17.6 Å². The van der Waals surface area contributed by atoms with Crippen molar-refractivity contribution in [2.24, 2.45) is 0 Å². The lowest BCUT2D eigenvalue weighted by Crippen LogP contribution is -2.43. The van der Waals surface area contributed by atoms with Crippen LogP contribution in [0, 0.1) is 0 Å². The first-order valence-corrected chi connectivity index (χ1v) is 8.88. The van der Waals surface area contributed by atoms with Crippen LogP contribution in [0.5, 0.6) is 0 Å². The normalized spacial score (nSPS) is 13.3. The van der Waals surface area contributed by atoms with Crippen LogP contribution in [0.3, 0.4) is 0 Å². The molecule has 1 aliphatic heterocycles. The molecule has 5 heteroatoms. The maximum Gasteiger partial charge on any atom is 0.319 e. The molecule has 1 heterocycles. The largest absolute Gasteiger partial charge is 0.333 e. The van der Waals surface area contributed by atoms with Gasteiger partial charge in [0.05, 0.1) is 6.42 Å². The molecule has 0 radical (unpaired) electrons. The van der Waals surface area contributed by atoms with Gasteiger partial charge < -0.3 is 15.5 Å². The van der Waals surface area contributed by atoms with Gasteiger partial charge in [-0.05, 0) is 50.5 Å². The van der Waals surface area contributed by atoms with E-state index in [2.05, 4.69) is 10.6 Å². The SMILES string of the molecule is CC(C)(C)NC(=O)Nc1ccc2c(c1)N(C(=O)Cc1ccccc1)CC2. The molecule has 0 bridgehead atoms. The average Bonchev–Trinajstić information content (AvgIpc) is 2.97. The first-order valence-electron chi connectivity index (χ1n) is 8.88. The standard InChI is InChI=1S/C21H25N3O2/c1-21(2,3)23-20(26)22-17-10-9-16-11-12-24(18(16)14-17)19(25)13-15-7-5-4-6-8-15/h4-10,14H,11-13H2,1-3H3,(H2,22,23,26). The van der Waals surface area contributed by atoms with Gasteiger partial charge in [0.1, 0.15) is 0 Å². The number of benzene rings is 2. The topological polar surface area (TPSA) is 61.4 Å². The Hall–Kier alpha value is -2.82. The summed E-state index contributed by atoms with van der Waals surface area (Å²) in [5.41, 5.74) is 3.40. The number of fused-ring (bicyclic) bond motifs is 1. The molecular formula is C21H25N3O2. The highest BCUT2D eigenvalue weighted by atomic mass is 16.2. The van der Waals surface area contributed by atoms with Crippen LogP contribution in [0.2, 0.25) is 0 Å². The van der Waals surface area contributed by atoms with Gasteiger partial charge in [-0.1, -0.05) is 36.4 Å². The van der Waals surface area contributed by atoms with Crippen molar-refractivity contribution in [3.05, 3.63) is 59.7 Å². The van der Waals surface area contributed by atoms with Gasteiger partial charge in [0.15, 0.2) is 0 Å². The van der Waals surface area contributed by atoms with Crippen molar-refractivity contribution < 1.29 is 9.59 Å². The van der Waals surface area contributed by atoms with Gasteiger partial charge in [-0.15, -0.1) is 0 Å². The number of amides is 3. The third-order valence-corrected chi connectivity index (χ3v) is 4.23. The lowest BCUT2D eigenvalue weighted by molar-refractivity contribution is -0.117. The van der Waals surface area contributed by atoms with E-state index in [0.717, 1.165) is 23.2 Å². The molecule has 136 valence electrons. The summed E-state index contributed by atoms with van der Waals surface area (Å²) >= 11 is 0. The van der Waals surface area contributed by atoms with Crippen molar-refractivity contribution in [1.82, 2.24) is 5.32 Å². The Kier molecular flexibility index (Phi) is 4.98. The molecule has 3 amide bonds. The van der Waals surface area contributed by atoms with Gasteiger partial charge in [0, 0.05) is 23.5 Å². The van der Waals surface area contributed by atoms with Crippen LogP contribution in [0.1, 0.15) is 31.9 Å². The maximum absolute atomic E-state index is 12.7. The minimum atomic E-state index is -0.307. The van der Waals surface area contributed by atoms with E-state index in [4.69, 9.17) is 0 Å². The lowest BCUT2D eigenvalue weighted by atomic mass is 10.1. The molecule has 0 spiro atoms. The fourth-order valence-corrected chi connectivity index (χ4v) is 3.08. The molecular weight excluding hydrogens is 326 g/mol. The zero-order valence-electron chi connectivity index (χ0n) is 15.5. The van der Waals surface area contributed by atoms with E-state index in [-0.39, 0.29) is 17.5 Å². The Labute approximate surface area is 154 Å². The summed E-state index contributed by atoms with van der Waals surface area (Å²) in [7, 11) is 0. The van der Waals surface area contributed by atoms with Crippen molar-refractivity contribution in [3.8, 4) is 0 Å². The highest BCUT2D eigenvalue weighted by Crippen LogP contribution is 2.31. The first-order chi connectivity index (χ1) is 12.3. The first kappa shape index (κ1) is 18.0. The third kappa shape index (κ3) is 4.42. The molecule has 0 unspecified atom stereocenters. The van der Waals surface area contributed by atoms with E-state index < -0.39 is 0 Å². The quantitative estimate of drug-likeness (QED) is 0.885. The number of nitrogens with zero attached hydrogens (tertiary/aromatic N) is 1. The van der Waals surface area contributed by atoms with Crippen LogP contribution in [0.15, 0.2) is 48.5 Å². The lowest BCUT2D eigenvalue weighted by Gasteiger charge is -2.21. The molecule has 0 saturated carbocycles. The summed E-state index contributed by atoms with van der Waals surface area (Å²) in [5, 5.41) is 5.72. The van der Waals surface area contributed by atoms with Gasteiger partial charge in [-0.25, -0.2) is 4.79 Å². The summed E-state index contributed by atoms with van der Waals surface area (Å²) in [6.07, 6.45) is 1.22. The smallest absolute Gasteiger partial charge is 0.319 e. The van der Waals surface area contributed by atoms with Crippen molar-refractivity contribution in [2.75, 3.05) is 16.8 Å². The van der Waals surface area contributed by atoms with Crippen molar-refractivity contribution in [2.45, 2.75) is 39.2 Å². The molecule has 3 rings (SSSR count). The molecule has 0 aromatic heterocycles. The second-order valence-electron chi connectivity index (χ2n) is 7.63. The molecule has 0 saturated heterocycles. The second-order valence-corrected chi connectivity index (χ2v) is 7.63. The fraction of sp³-hybridized carbons (Fsp3) is 0.333. The van der Waals surface area contributed by atoms with Crippen molar-refractivity contribution >= 4 is 23.3 Å². The van der Waals surface area contributed by atoms with Gasteiger partial charge in [-0.2, -0.15) is 0 Å². The number of carbonyl (C=O) groups is 2. The summed E-state index contributed by atoms with van der Waals surface area (Å²) in [4.78, 5) is 26.6. The number of hydrogen-bond donors (Lipinski definition) is 2. The number of hydrogen-bond acceptors (Lipinski definition) is 2. The molecule has 2 aromatic carbocycles. The van der Waals surface area contributed by atoms with Crippen LogP contribution in [0.4, 0.5) is 16.2 Å². The Morgan fingerprint density at radius 3 is 2.50 bits per heavy atom. The number of anilines is 2. The molecule has 26 heavy (non-hydrogen) atoms. The summed E-state index contributed by atoms with van der Waals surface area (Å²) in [5.74, 6) is 0.0752. The summed E-state index contributed by atoms with van der Waals surface area (Å²) in [6, 6.07) is 15.2. The van der Waals surface area contributed by atoms with Gasteiger partial charge in [0.25, 0.3) is 0 Å². The van der Waals surface area contributed by atoms with E-state index in [1.54, 1.807) is 0 Å². The number of carbonyl (C=O) groups excluding carboxylic acids is 2. The number of rotatable bonds is 3. The van der Waals surface area contributed by atoms with E-state index in [1.807, 2.05) is 74.2 Å². The molecule has 0 fully saturated rings. The minimum absolute atomic E-state index is 0.0752. The van der Waals surface area contributed by atoms with Crippen LogP contribution in [-0.4, -0.2) is 24.0 Å². The number of urea groups is 1. The van der Waals surface area contributed by atoms with Crippen molar-refractivity contribution in [3.63, 3.8) is 0 Å². The molecule has 2 N–H and O–H groups in total. The van der Waals surface area contributed by atoms with E-state index in [0.29, 0.717) is 18.7 Å². The van der Waals surface area contributed by atoms with Crippen LogP contribution >= 0.6 is 0 Å². The van der Waals surface area contributed by atoms with Crippen LogP contribution < -0.4 is 15.5 Å². The Morgan fingerprint density at radius 2 is 1.81 bits per heavy atom. The fourth-order valence-electron chi connectivity index (χ4n) is 3.08. The van der Waals surface area contributed by atoms with Gasteiger partial charge in [0.2, 0.25) is 5.91 Å². The minimum Gasteiger partial charge on any atom is -0.333 e. The van der Waals surface area contributed by atoms with E-state index in [1.165, 1.54) is 0 Å². The van der Waals surface area contributed by atoms with Gasteiger partial charge >= 0.3 is 6.03 Å². The molecule has 5 nitrogen and oxygen atoms in total. The predicted molar refractivity (Wildman–Crippen MR) is 105 cm³/mol. The highest BCUT2D eigenvalue weighted by molar-refractivity contribution is 5.98. The summed E-state index contributed by atoms with van der Waals surface area (Å²) in [6.45, 7) is 6.47. The zero-order chi connectivity index (χ0) is 18.7. The van der Waals surface area contributed by atoms with Crippen molar-refractivity contribution in [1.29, 1.82) is 0 Å². The number of nitrogens with one attached hydrogen (secondary N) is 2. The zero-order valence-corrected chi connectivity index (χ0v) is 15.5. The third-order valence-electron chi connectivity index (χ3n) is 4.23. The molecule has 0 atom stereocenters. The molecule has 0 aliphatic carbocycles. The van der Waals surface area contributed by atoms with Crippen LogP contribution in [0.25, 0.3) is 0 Å². The second kappa shape index (κ2) is 7.20. The van der Waals surface area contributed by atoms with E-state index >= 15 is 0 Å². The predicted octanol–water partition coefficient (Wildman–Crippen LogP) is 3.74. The Morgan fingerprint density at radius 1 is 1.08 bits per heavy atom. The highest BCUT2D eigenvalue weighted by Gasteiger charge is 2.25. The molecule has 2 aromatic rings. The Balaban J connectivity index is 1.73. The van der Waals surface area contributed by atoms with Gasteiger partial charge in [-0.3, -0.25) is 4.79 Å². The van der Waals surface area contributed by atoms with E-state index in [9.17, 15) is 9.59 Å².